The molecule has 0 atom stereocenters. The standard InChI is InChI=1S/C6H7BrN2O2/c7-3-4-9-6(11)2-1-5(10)8-9/h1-2H,3-4H2,(H,8,10). The van der Waals surface area contributed by atoms with E-state index >= 15 is 0 Å². The summed E-state index contributed by atoms with van der Waals surface area (Å²) in [5, 5.41) is 3.04. The van der Waals surface area contributed by atoms with E-state index in [0.29, 0.717) is 11.9 Å². The van der Waals surface area contributed by atoms with Gasteiger partial charge in [0.15, 0.2) is 0 Å². The van der Waals surface area contributed by atoms with Gasteiger partial charge in [-0.2, -0.15) is 0 Å². The second kappa shape index (κ2) is 3.52. The van der Waals surface area contributed by atoms with Gasteiger partial charge in [0, 0.05) is 17.5 Å². The molecule has 0 fully saturated rings. The zero-order valence-corrected chi connectivity index (χ0v) is 7.30. The van der Waals surface area contributed by atoms with Gasteiger partial charge >= 0.3 is 0 Å². The third kappa shape index (κ3) is 2.04. The molecule has 0 saturated heterocycles. The number of nitrogens with zero attached hydrogens (tertiary/aromatic N) is 1. The summed E-state index contributed by atoms with van der Waals surface area (Å²) in [5.74, 6) is 0. The SMILES string of the molecule is O=c1ccc(=O)n(CCBr)[nH]1. The Balaban J connectivity index is 3.13. The fourth-order valence-corrected chi connectivity index (χ4v) is 1.07. The third-order valence-electron chi connectivity index (χ3n) is 1.20. The maximum Gasteiger partial charge on any atom is 0.265 e. The van der Waals surface area contributed by atoms with Crippen molar-refractivity contribution in [3.8, 4) is 0 Å². The molecule has 0 aliphatic carbocycles. The van der Waals surface area contributed by atoms with Crippen molar-refractivity contribution < 1.29 is 0 Å². The molecule has 0 spiro atoms. The van der Waals surface area contributed by atoms with Crippen LogP contribution < -0.4 is 11.1 Å². The Kier molecular flexibility index (Phi) is 2.64. The van der Waals surface area contributed by atoms with E-state index in [-0.39, 0.29) is 11.1 Å². The number of hydrogen-bond acceptors (Lipinski definition) is 2. The number of H-pyrrole nitrogens is 1. The highest BCUT2D eigenvalue weighted by Gasteiger charge is 1.92. The average Bonchev–Trinajstić information content (AvgIpc) is 1.98. The number of aryl methyl sites for hydroxylation is 1. The number of rotatable bonds is 2. The Morgan fingerprint density at radius 3 is 2.82 bits per heavy atom. The van der Waals surface area contributed by atoms with E-state index in [0.717, 1.165) is 0 Å². The van der Waals surface area contributed by atoms with Gasteiger partial charge in [-0.05, 0) is 0 Å². The molecule has 1 aromatic rings. The summed E-state index contributed by atoms with van der Waals surface area (Å²) in [4.78, 5) is 21.6. The maximum absolute atomic E-state index is 10.9. The first-order valence-corrected chi connectivity index (χ1v) is 4.22. The first-order valence-electron chi connectivity index (χ1n) is 3.10. The molecule has 0 saturated carbocycles. The van der Waals surface area contributed by atoms with Crippen LogP contribution in [0.4, 0.5) is 0 Å². The van der Waals surface area contributed by atoms with Crippen LogP contribution in [0.5, 0.6) is 0 Å². The average molecular weight is 219 g/mol. The molecule has 1 rings (SSSR count). The molecule has 0 aliphatic rings. The molecule has 4 nitrogen and oxygen atoms in total. The summed E-state index contributed by atoms with van der Waals surface area (Å²) in [6, 6.07) is 2.47. The molecular formula is C6H7BrN2O2. The number of aromatic amines is 1. The first-order chi connectivity index (χ1) is 5.24. The summed E-state index contributed by atoms with van der Waals surface area (Å²) < 4.78 is 1.26. The Morgan fingerprint density at radius 1 is 1.45 bits per heavy atom. The number of halogens is 1. The second-order valence-electron chi connectivity index (χ2n) is 1.99. The fraction of sp³-hybridized carbons (Fsp3) is 0.333. The smallest absolute Gasteiger partial charge is 0.265 e. The van der Waals surface area contributed by atoms with Crippen LogP contribution in [0.15, 0.2) is 21.7 Å². The predicted molar refractivity (Wildman–Crippen MR) is 45.1 cm³/mol. The molecule has 0 amide bonds. The maximum atomic E-state index is 10.9. The van der Waals surface area contributed by atoms with Crippen molar-refractivity contribution in [1.29, 1.82) is 0 Å². The zero-order chi connectivity index (χ0) is 8.27. The van der Waals surface area contributed by atoms with Crippen LogP contribution in [-0.4, -0.2) is 15.1 Å². The molecule has 1 aromatic heterocycles. The predicted octanol–water partition coefficient (Wildman–Crippen LogP) is -0.0685. The quantitative estimate of drug-likeness (QED) is 0.708. The highest BCUT2D eigenvalue weighted by molar-refractivity contribution is 9.09. The lowest BCUT2D eigenvalue weighted by molar-refractivity contribution is 0.612. The molecule has 0 aliphatic heterocycles. The van der Waals surface area contributed by atoms with Crippen molar-refractivity contribution in [2.24, 2.45) is 0 Å². The summed E-state index contributed by atoms with van der Waals surface area (Å²) in [6.45, 7) is 0.481. The normalized spacial score (nSPS) is 9.91. The molecule has 5 heteroatoms. The third-order valence-corrected chi connectivity index (χ3v) is 1.55. The van der Waals surface area contributed by atoms with E-state index in [2.05, 4.69) is 21.0 Å². The largest absolute Gasteiger partial charge is 0.268 e. The van der Waals surface area contributed by atoms with Crippen LogP contribution in [0.1, 0.15) is 0 Å². The number of aromatic nitrogens is 2. The van der Waals surface area contributed by atoms with E-state index in [1.165, 1.54) is 16.8 Å². The van der Waals surface area contributed by atoms with E-state index < -0.39 is 0 Å². The van der Waals surface area contributed by atoms with Crippen molar-refractivity contribution in [2.45, 2.75) is 6.54 Å². The van der Waals surface area contributed by atoms with Crippen LogP contribution in [-0.2, 0) is 6.54 Å². The number of alkyl halides is 1. The lowest BCUT2D eigenvalue weighted by Crippen LogP contribution is -2.28. The minimum absolute atomic E-state index is 0.191. The topological polar surface area (TPSA) is 54.9 Å². The first kappa shape index (κ1) is 8.26. The summed E-state index contributed by atoms with van der Waals surface area (Å²) in [5.41, 5.74) is -0.449. The lowest BCUT2D eigenvalue weighted by atomic mass is 10.5. The highest BCUT2D eigenvalue weighted by Crippen LogP contribution is 1.80. The summed E-state index contributed by atoms with van der Waals surface area (Å²) in [6.07, 6.45) is 0. The van der Waals surface area contributed by atoms with Gasteiger partial charge < -0.3 is 0 Å². The Hall–Kier alpha value is -0.840. The van der Waals surface area contributed by atoms with Gasteiger partial charge in [0.1, 0.15) is 0 Å². The zero-order valence-electron chi connectivity index (χ0n) is 5.71. The van der Waals surface area contributed by atoms with Crippen molar-refractivity contribution in [1.82, 2.24) is 9.78 Å². The minimum atomic E-state index is -0.259. The monoisotopic (exact) mass is 218 g/mol. The highest BCUT2D eigenvalue weighted by atomic mass is 79.9. The van der Waals surface area contributed by atoms with E-state index in [4.69, 9.17) is 0 Å². The van der Waals surface area contributed by atoms with Gasteiger partial charge in [0.2, 0.25) is 0 Å². The summed E-state index contributed by atoms with van der Waals surface area (Å²) >= 11 is 3.16. The van der Waals surface area contributed by atoms with Crippen molar-refractivity contribution in [3.63, 3.8) is 0 Å². The van der Waals surface area contributed by atoms with Gasteiger partial charge in [0.25, 0.3) is 11.1 Å². The molecule has 0 radical (unpaired) electrons. The van der Waals surface area contributed by atoms with Crippen LogP contribution in [0.2, 0.25) is 0 Å². The molecule has 0 bridgehead atoms. The lowest BCUT2D eigenvalue weighted by Gasteiger charge is -1.99. The molecule has 1 heterocycles. The van der Waals surface area contributed by atoms with Crippen LogP contribution in [0.25, 0.3) is 0 Å². The van der Waals surface area contributed by atoms with Gasteiger partial charge in [-0.3, -0.25) is 14.7 Å². The second-order valence-corrected chi connectivity index (χ2v) is 2.78. The van der Waals surface area contributed by atoms with Gasteiger partial charge in [-0.1, -0.05) is 15.9 Å². The van der Waals surface area contributed by atoms with Crippen molar-refractivity contribution in [3.05, 3.63) is 32.8 Å². The Morgan fingerprint density at radius 2 is 2.18 bits per heavy atom. The molecule has 60 valence electrons. The summed E-state index contributed by atoms with van der Waals surface area (Å²) in [7, 11) is 0. The Labute approximate surface area is 71.0 Å². The van der Waals surface area contributed by atoms with E-state index in [1.54, 1.807) is 0 Å². The van der Waals surface area contributed by atoms with Crippen molar-refractivity contribution >= 4 is 15.9 Å². The van der Waals surface area contributed by atoms with E-state index in [1.807, 2.05) is 0 Å². The van der Waals surface area contributed by atoms with Gasteiger partial charge in [-0.15, -0.1) is 0 Å². The molecule has 0 aromatic carbocycles. The van der Waals surface area contributed by atoms with Crippen LogP contribution in [0.3, 0.4) is 0 Å². The molecular weight excluding hydrogens is 212 g/mol. The molecule has 1 N–H and O–H groups in total. The number of hydrogen-bond donors (Lipinski definition) is 1. The van der Waals surface area contributed by atoms with Gasteiger partial charge in [0.05, 0.1) is 6.54 Å². The van der Waals surface area contributed by atoms with E-state index in [9.17, 15) is 9.59 Å². The van der Waals surface area contributed by atoms with Crippen LogP contribution in [0, 0.1) is 0 Å². The molecule has 11 heavy (non-hydrogen) atoms. The van der Waals surface area contributed by atoms with Crippen molar-refractivity contribution in [2.75, 3.05) is 5.33 Å². The Bertz CT molecular complexity index is 341. The minimum Gasteiger partial charge on any atom is -0.268 e. The fourth-order valence-electron chi connectivity index (χ4n) is 0.713. The van der Waals surface area contributed by atoms with Gasteiger partial charge in [-0.25, -0.2) is 4.68 Å². The molecule has 0 unspecified atom stereocenters. The van der Waals surface area contributed by atoms with Crippen LogP contribution >= 0.6 is 15.9 Å². The number of nitrogens with one attached hydrogen (secondary N) is 1.